The summed E-state index contributed by atoms with van der Waals surface area (Å²) in [6.45, 7) is -0.901. The van der Waals surface area contributed by atoms with Gasteiger partial charge in [0.05, 0.1) is 21.2 Å². The molecule has 0 bridgehead atoms. The molecular weight excluding hydrogens is 625 g/mol. The van der Waals surface area contributed by atoms with E-state index in [1.54, 1.807) is 5.32 Å². The van der Waals surface area contributed by atoms with Crippen LogP contribution in [0, 0.1) is 0 Å². The first-order valence-corrected chi connectivity index (χ1v) is 11.7. The summed E-state index contributed by atoms with van der Waals surface area (Å²) in [7, 11) is 0. The molecule has 0 saturated carbocycles. The fourth-order valence-electron chi connectivity index (χ4n) is 3.33. The normalized spacial score (nSPS) is 14.3. The van der Waals surface area contributed by atoms with Gasteiger partial charge in [0.25, 0.3) is 5.91 Å². The van der Waals surface area contributed by atoms with E-state index >= 15 is 0 Å². The van der Waals surface area contributed by atoms with Crippen molar-refractivity contribution in [2.75, 3.05) is 6.54 Å². The number of nitrogens with one attached hydrogen (secondary N) is 2. The molecule has 5 nitrogen and oxygen atoms in total. The van der Waals surface area contributed by atoms with Crippen LogP contribution in [0.5, 0.6) is 0 Å². The SMILES string of the molecule is C[C@@H](NC(=O)c1ccc(/C(F)=C/C(c2cc(Cl)c(Cl)c(C=O)c2)C(F)(F)F)cc1C(F)(F)F)C(=O)NCC(F)(F)F. The van der Waals surface area contributed by atoms with Crippen molar-refractivity contribution < 1.29 is 58.3 Å². The van der Waals surface area contributed by atoms with Crippen LogP contribution in [0.4, 0.5) is 43.9 Å². The number of hydrogen-bond donors (Lipinski definition) is 2. The summed E-state index contributed by atoms with van der Waals surface area (Å²) in [4.78, 5) is 35.3. The molecule has 0 radical (unpaired) electrons. The van der Waals surface area contributed by atoms with Crippen LogP contribution in [0.3, 0.4) is 0 Å². The van der Waals surface area contributed by atoms with Gasteiger partial charge in [-0.3, -0.25) is 14.4 Å². The largest absolute Gasteiger partial charge is 0.417 e. The van der Waals surface area contributed by atoms with Gasteiger partial charge in [-0.05, 0) is 42.8 Å². The molecule has 2 atom stereocenters. The Morgan fingerprint density at radius 1 is 0.976 bits per heavy atom. The molecule has 0 fully saturated rings. The molecule has 0 saturated heterocycles. The summed E-state index contributed by atoms with van der Waals surface area (Å²) in [5, 5.41) is 2.32. The quantitative estimate of drug-likeness (QED) is 0.235. The van der Waals surface area contributed by atoms with Crippen molar-refractivity contribution in [1.29, 1.82) is 0 Å². The zero-order chi connectivity index (χ0) is 31.5. The third-order valence-electron chi connectivity index (χ3n) is 5.28. The van der Waals surface area contributed by atoms with Crippen molar-refractivity contribution >= 4 is 47.1 Å². The molecule has 2 N–H and O–H groups in total. The average molecular weight is 641 g/mol. The molecule has 2 rings (SSSR count). The van der Waals surface area contributed by atoms with Gasteiger partial charge in [-0.1, -0.05) is 29.3 Å². The van der Waals surface area contributed by atoms with Crippen LogP contribution in [0.25, 0.3) is 5.83 Å². The number of aldehydes is 1. The molecule has 17 heteroatoms. The van der Waals surface area contributed by atoms with Crippen molar-refractivity contribution in [1.82, 2.24) is 10.6 Å². The number of rotatable bonds is 8. The first-order chi connectivity index (χ1) is 18.7. The van der Waals surface area contributed by atoms with Gasteiger partial charge in [0.2, 0.25) is 5.91 Å². The number of halogens is 12. The second-order valence-electron chi connectivity index (χ2n) is 8.34. The Balaban J connectivity index is 2.48. The molecule has 0 aromatic heterocycles. The number of hydrogen-bond acceptors (Lipinski definition) is 3. The van der Waals surface area contributed by atoms with Gasteiger partial charge >= 0.3 is 18.5 Å². The fourth-order valence-corrected chi connectivity index (χ4v) is 3.71. The predicted molar refractivity (Wildman–Crippen MR) is 127 cm³/mol. The summed E-state index contributed by atoms with van der Waals surface area (Å²) in [6.07, 6.45) is -15.4. The van der Waals surface area contributed by atoms with Gasteiger partial charge in [0.15, 0.2) is 6.29 Å². The van der Waals surface area contributed by atoms with Crippen molar-refractivity contribution in [2.24, 2.45) is 0 Å². The highest BCUT2D eigenvalue weighted by Crippen LogP contribution is 2.41. The zero-order valence-electron chi connectivity index (χ0n) is 20.2. The molecule has 0 aliphatic heterocycles. The number of carbonyl (C=O) groups excluding carboxylic acids is 3. The Morgan fingerprint density at radius 2 is 1.59 bits per heavy atom. The Labute approximate surface area is 234 Å². The van der Waals surface area contributed by atoms with Crippen molar-refractivity contribution in [3.63, 3.8) is 0 Å². The second kappa shape index (κ2) is 12.7. The topological polar surface area (TPSA) is 75.3 Å². The maximum Gasteiger partial charge on any atom is 0.417 e. The van der Waals surface area contributed by atoms with E-state index in [4.69, 9.17) is 23.2 Å². The minimum atomic E-state index is -5.36. The minimum Gasteiger partial charge on any atom is -0.345 e. The van der Waals surface area contributed by atoms with Gasteiger partial charge < -0.3 is 10.6 Å². The zero-order valence-corrected chi connectivity index (χ0v) is 21.7. The number of alkyl halides is 9. The van der Waals surface area contributed by atoms with Gasteiger partial charge in [0, 0.05) is 11.1 Å². The molecule has 2 aromatic rings. The van der Waals surface area contributed by atoms with E-state index in [0.717, 1.165) is 6.92 Å². The molecule has 0 aliphatic rings. The summed E-state index contributed by atoms with van der Waals surface area (Å²) < 4.78 is 134. The summed E-state index contributed by atoms with van der Waals surface area (Å²) in [5.74, 6) is -7.57. The third-order valence-corrected chi connectivity index (χ3v) is 6.10. The second-order valence-corrected chi connectivity index (χ2v) is 9.13. The number of carbonyl (C=O) groups is 3. The van der Waals surface area contributed by atoms with Gasteiger partial charge in [-0.25, -0.2) is 4.39 Å². The fraction of sp³-hybridized carbons (Fsp3) is 0.292. The lowest BCUT2D eigenvalue weighted by atomic mass is 9.94. The Bertz CT molecular complexity index is 1350. The minimum absolute atomic E-state index is 0.0360. The van der Waals surface area contributed by atoms with Crippen LogP contribution < -0.4 is 10.6 Å². The highest BCUT2D eigenvalue weighted by Gasteiger charge is 2.41. The lowest BCUT2D eigenvalue weighted by Crippen LogP contribution is -2.47. The lowest BCUT2D eigenvalue weighted by molar-refractivity contribution is -0.140. The van der Waals surface area contributed by atoms with Crippen LogP contribution in [0.2, 0.25) is 10.0 Å². The number of allylic oxidation sites excluding steroid dienone is 1. The molecule has 0 heterocycles. The Morgan fingerprint density at radius 3 is 2.10 bits per heavy atom. The van der Waals surface area contributed by atoms with Crippen LogP contribution in [-0.2, 0) is 11.0 Å². The van der Waals surface area contributed by atoms with E-state index in [9.17, 15) is 58.3 Å². The number of amides is 2. The predicted octanol–water partition coefficient (Wildman–Crippen LogP) is 7.28. The van der Waals surface area contributed by atoms with Crippen molar-refractivity contribution in [2.45, 2.75) is 37.4 Å². The molecule has 0 spiro atoms. The highest BCUT2D eigenvalue weighted by molar-refractivity contribution is 6.43. The van der Waals surface area contributed by atoms with E-state index in [-0.39, 0.29) is 23.5 Å². The smallest absolute Gasteiger partial charge is 0.345 e. The molecule has 2 amide bonds. The monoisotopic (exact) mass is 640 g/mol. The standard InChI is InChI=1S/C24H16Cl2F10N2O3/c1-10(20(40)37-9-22(28,29)30)38-21(41)14-3-2-11(5-16(14)24(34,35)36)18(27)7-15(23(31,32)33)12-4-13(8-39)19(26)17(25)6-12/h2-8,10,15H,9H2,1H3,(H,37,40)(H,38,41)/b18-7-/t10-,15?/m1/s1. The van der Waals surface area contributed by atoms with Crippen LogP contribution in [-0.4, -0.2) is 43.0 Å². The summed E-state index contributed by atoms with van der Waals surface area (Å²) in [5.41, 5.74) is -5.27. The van der Waals surface area contributed by atoms with Crippen molar-refractivity contribution in [3.8, 4) is 0 Å². The Hall–Kier alpha value is -3.33. The molecule has 1 unspecified atom stereocenters. The van der Waals surface area contributed by atoms with Crippen LogP contribution in [0.15, 0.2) is 36.4 Å². The molecule has 224 valence electrons. The first kappa shape index (κ1) is 33.9. The van der Waals surface area contributed by atoms with E-state index < -0.39 is 87.5 Å². The van der Waals surface area contributed by atoms with E-state index in [1.165, 1.54) is 5.32 Å². The van der Waals surface area contributed by atoms with Gasteiger partial charge in [0.1, 0.15) is 24.3 Å². The van der Waals surface area contributed by atoms with Gasteiger partial charge in [-0.2, -0.15) is 39.5 Å². The molecule has 0 aliphatic carbocycles. The van der Waals surface area contributed by atoms with Crippen molar-refractivity contribution in [3.05, 3.63) is 74.3 Å². The van der Waals surface area contributed by atoms with Gasteiger partial charge in [-0.15, -0.1) is 0 Å². The third kappa shape index (κ3) is 9.08. The lowest BCUT2D eigenvalue weighted by Gasteiger charge is -2.20. The van der Waals surface area contributed by atoms with Crippen LogP contribution in [0.1, 0.15) is 50.2 Å². The van der Waals surface area contributed by atoms with E-state index in [2.05, 4.69) is 0 Å². The first-order valence-electron chi connectivity index (χ1n) is 10.9. The molecule has 41 heavy (non-hydrogen) atoms. The highest BCUT2D eigenvalue weighted by atomic mass is 35.5. The molecule has 2 aromatic carbocycles. The van der Waals surface area contributed by atoms with E-state index in [1.807, 2.05) is 0 Å². The maximum absolute atomic E-state index is 15.0. The molecular formula is C24H16Cl2F10N2O3. The average Bonchev–Trinajstić information content (AvgIpc) is 2.85. The summed E-state index contributed by atoms with van der Waals surface area (Å²) >= 11 is 11.5. The number of benzene rings is 2. The Kier molecular flexibility index (Phi) is 10.5. The maximum atomic E-state index is 15.0. The van der Waals surface area contributed by atoms with E-state index in [0.29, 0.717) is 24.3 Å². The van der Waals surface area contributed by atoms with Crippen LogP contribution >= 0.6 is 23.2 Å². The summed E-state index contributed by atoms with van der Waals surface area (Å²) in [6, 6.07) is 0.617.